The van der Waals surface area contributed by atoms with Crippen LogP contribution in [-0.2, 0) is 6.42 Å². The zero-order chi connectivity index (χ0) is 12.0. The van der Waals surface area contributed by atoms with E-state index in [0.717, 1.165) is 18.6 Å². The standard InChI is InChI=1S/C12H22N2S2/c1-12(2,3)16-9-11(14-13)5-4-10-6-7-15-8-10/h6-8,11,14H,4-5,9,13H2,1-3H3. The molecule has 1 heterocycles. The SMILES string of the molecule is CC(C)(C)SCC(CCc1ccsc1)NN. The van der Waals surface area contributed by atoms with Crippen molar-refractivity contribution in [1.29, 1.82) is 0 Å². The highest BCUT2D eigenvalue weighted by molar-refractivity contribution is 8.00. The molecule has 0 aliphatic rings. The largest absolute Gasteiger partial charge is 0.271 e. The number of rotatable bonds is 6. The predicted molar refractivity (Wildman–Crippen MR) is 76.0 cm³/mol. The van der Waals surface area contributed by atoms with Crippen molar-refractivity contribution < 1.29 is 0 Å². The Hall–Kier alpha value is -0.0300. The van der Waals surface area contributed by atoms with Crippen molar-refractivity contribution in [3.05, 3.63) is 22.4 Å². The van der Waals surface area contributed by atoms with Gasteiger partial charge in [0.25, 0.3) is 0 Å². The molecule has 0 fully saturated rings. The van der Waals surface area contributed by atoms with E-state index >= 15 is 0 Å². The molecular weight excluding hydrogens is 236 g/mol. The van der Waals surface area contributed by atoms with E-state index in [1.165, 1.54) is 5.56 Å². The summed E-state index contributed by atoms with van der Waals surface area (Å²) in [4.78, 5) is 0. The van der Waals surface area contributed by atoms with Crippen LogP contribution in [0.15, 0.2) is 16.8 Å². The van der Waals surface area contributed by atoms with Gasteiger partial charge in [-0.05, 0) is 35.2 Å². The first kappa shape index (κ1) is 14.0. The smallest absolute Gasteiger partial charge is 0.0304 e. The minimum absolute atomic E-state index is 0.317. The summed E-state index contributed by atoms with van der Waals surface area (Å²) in [6, 6.07) is 2.60. The third-order valence-electron chi connectivity index (χ3n) is 2.31. The van der Waals surface area contributed by atoms with E-state index in [2.05, 4.69) is 43.0 Å². The Bertz CT molecular complexity index is 278. The van der Waals surface area contributed by atoms with Gasteiger partial charge in [-0.1, -0.05) is 20.8 Å². The Morgan fingerprint density at radius 1 is 1.50 bits per heavy atom. The van der Waals surface area contributed by atoms with Crippen molar-refractivity contribution in [3.8, 4) is 0 Å². The molecule has 0 spiro atoms. The average molecular weight is 258 g/mol. The molecule has 0 amide bonds. The van der Waals surface area contributed by atoms with Crippen LogP contribution in [0.3, 0.4) is 0 Å². The lowest BCUT2D eigenvalue weighted by Gasteiger charge is -2.22. The Balaban J connectivity index is 2.27. The second-order valence-corrected chi connectivity index (χ2v) is 7.58. The van der Waals surface area contributed by atoms with Gasteiger partial charge < -0.3 is 0 Å². The van der Waals surface area contributed by atoms with Crippen LogP contribution < -0.4 is 11.3 Å². The molecule has 1 atom stereocenters. The Morgan fingerprint density at radius 3 is 2.75 bits per heavy atom. The van der Waals surface area contributed by atoms with E-state index in [4.69, 9.17) is 5.84 Å². The fraction of sp³-hybridized carbons (Fsp3) is 0.667. The minimum Gasteiger partial charge on any atom is -0.271 e. The summed E-state index contributed by atoms with van der Waals surface area (Å²) >= 11 is 3.72. The number of hydrazine groups is 1. The number of hydrogen-bond donors (Lipinski definition) is 2. The van der Waals surface area contributed by atoms with E-state index < -0.39 is 0 Å². The van der Waals surface area contributed by atoms with Gasteiger partial charge in [-0.3, -0.25) is 11.3 Å². The quantitative estimate of drug-likeness (QED) is 0.608. The van der Waals surface area contributed by atoms with E-state index in [1.54, 1.807) is 11.3 Å². The van der Waals surface area contributed by atoms with Gasteiger partial charge in [-0.25, -0.2) is 0 Å². The lowest BCUT2D eigenvalue weighted by Crippen LogP contribution is -2.38. The molecular formula is C12H22N2S2. The van der Waals surface area contributed by atoms with Crippen molar-refractivity contribution in [2.24, 2.45) is 5.84 Å². The molecule has 1 aromatic rings. The van der Waals surface area contributed by atoms with Gasteiger partial charge in [0.15, 0.2) is 0 Å². The van der Waals surface area contributed by atoms with Gasteiger partial charge in [-0.2, -0.15) is 23.1 Å². The molecule has 0 aromatic carbocycles. The number of hydrogen-bond acceptors (Lipinski definition) is 4. The van der Waals surface area contributed by atoms with Crippen LogP contribution in [0.4, 0.5) is 0 Å². The first-order valence-electron chi connectivity index (χ1n) is 5.62. The van der Waals surface area contributed by atoms with E-state index in [1.807, 2.05) is 11.8 Å². The van der Waals surface area contributed by atoms with E-state index in [-0.39, 0.29) is 0 Å². The summed E-state index contributed by atoms with van der Waals surface area (Å²) in [6.45, 7) is 6.72. The summed E-state index contributed by atoms with van der Waals surface area (Å²) in [7, 11) is 0. The maximum atomic E-state index is 5.58. The number of thioether (sulfide) groups is 1. The first-order chi connectivity index (χ1) is 7.51. The fourth-order valence-electron chi connectivity index (χ4n) is 1.34. The van der Waals surface area contributed by atoms with Gasteiger partial charge in [0, 0.05) is 16.5 Å². The van der Waals surface area contributed by atoms with E-state index in [9.17, 15) is 0 Å². The molecule has 0 saturated heterocycles. The summed E-state index contributed by atoms with van der Waals surface area (Å²) < 4.78 is 0.317. The predicted octanol–water partition coefficient (Wildman–Crippen LogP) is 3.04. The van der Waals surface area contributed by atoms with Crippen LogP contribution in [0.25, 0.3) is 0 Å². The summed E-state index contributed by atoms with van der Waals surface area (Å²) in [6.07, 6.45) is 2.22. The summed E-state index contributed by atoms with van der Waals surface area (Å²) in [5.41, 5.74) is 4.34. The van der Waals surface area contributed by atoms with Crippen molar-refractivity contribution in [3.63, 3.8) is 0 Å². The topological polar surface area (TPSA) is 38.0 Å². The second-order valence-electron chi connectivity index (χ2n) is 4.96. The number of nitrogens with two attached hydrogens (primary N) is 1. The molecule has 1 aromatic heterocycles. The van der Waals surface area contributed by atoms with Crippen LogP contribution in [0.1, 0.15) is 32.8 Å². The molecule has 4 heteroatoms. The molecule has 0 bridgehead atoms. The minimum atomic E-state index is 0.317. The maximum Gasteiger partial charge on any atom is 0.0304 e. The van der Waals surface area contributed by atoms with Gasteiger partial charge in [0.05, 0.1) is 0 Å². The molecule has 2 nitrogen and oxygen atoms in total. The Labute approximate surface area is 107 Å². The van der Waals surface area contributed by atoms with Gasteiger partial charge in [0.1, 0.15) is 0 Å². The number of nitrogens with one attached hydrogen (secondary N) is 1. The van der Waals surface area contributed by atoms with Crippen molar-refractivity contribution in [2.75, 3.05) is 5.75 Å². The van der Waals surface area contributed by atoms with Crippen LogP contribution in [0.5, 0.6) is 0 Å². The molecule has 0 aliphatic carbocycles. The van der Waals surface area contributed by atoms with Gasteiger partial charge >= 0.3 is 0 Å². The average Bonchev–Trinajstić information content (AvgIpc) is 2.69. The second kappa shape index (κ2) is 6.64. The normalized spacial score (nSPS) is 14.0. The maximum absolute atomic E-state index is 5.58. The fourth-order valence-corrected chi connectivity index (χ4v) is 3.01. The number of aryl methyl sites for hydroxylation is 1. The third kappa shape index (κ3) is 5.89. The molecule has 0 radical (unpaired) electrons. The van der Waals surface area contributed by atoms with Gasteiger partial charge in [0.2, 0.25) is 0 Å². The highest BCUT2D eigenvalue weighted by Crippen LogP contribution is 2.24. The first-order valence-corrected chi connectivity index (χ1v) is 7.55. The highest BCUT2D eigenvalue weighted by atomic mass is 32.2. The summed E-state index contributed by atoms with van der Waals surface area (Å²) in [5.74, 6) is 6.65. The Kier molecular flexibility index (Phi) is 5.83. The van der Waals surface area contributed by atoms with Crippen LogP contribution in [0.2, 0.25) is 0 Å². The monoisotopic (exact) mass is 258 g/mol. The molecule has 0 aliphatic heterocycles. The molecule has 3 N–H and O–H groups in total. The third-order valence-corrected chi connectivity index (χ3v) is 4.48. The molecule has 92 valence electrons. The van der Waals surface area contributed by atoms with Crippen molar-refractivity contribution >= 4 is 23.1 Å². The van der Waals surface area contributed by atoms with Crippen LogP contribution >= 0.6 is 23.1 Å². The lowest BCUT2D eigenvalue weighted by molar-refractivity contribution is 0.537. The molecule has 1 rings (SSSR count). The van der Waals surface area contributed by atoms with Crippen LogP contribution in [-0.4, -0.2) is 16.5 Å². The van der Waals surface area contributed by atoms with Crippen molar-refractivity contribution in [1.82, 2.24) is 5.43 Å². The zero-order valence-electron chi connectivity index (χ0n) is 10.3. The lowest BCUT2D eigenvalue weighted by atomic mass is 10.1. The van der Waals surface area contributed by atoms with E-state index in [0.29, 0.717) is 10.8 Å². The molecule has 16 heavy (non-hydrogen) atoms. The van der Waals surface area contributed by atoms with Crippen LogP contribution in [0, 0.1) is 0 Å². The van der Waals surface area contributed by atoms with Crippen molar-refractivity contribution in [2.45, 2.75) is 44.4 Å². The highest BCUT2D eigenvalue weighted by Gasteiger charge is 2.14. The molecule has 0 saturated carbocycles. The van der Waals surface area contributed by atoms with Gasteiger partial charge in [-0.15, -0.1) is 0 Å². The zero-order valence-corrected chi connectivity index (χ0v) is 12.0. The molecule has 1 unspecified atom stereocenters. The summed E-state index contributed by atoms with van der Waals surface area (Å²) in [5, 5.41) is 4.34. The Morgan fingerprint density at radius 2 is 2.25 bits per heavy atom. The number of thiophene rings is 1.